The van der Waals surface area contributed by atoms with E-state index in [0.29, 0.717) is 17.3 Å². The Balaban J connectivity index is 1.72. The van der Waals surface area contributed by atoms with Gasteiger partial charge in [-0.3, -0.25) is 4.79 Å². The molecule has 0 aliphatic carbocycles. The quantitative estimate of drug-likeness (QED) is 0.263. The number of aromatic nitrogens is 1. The molecule has 0 fully saturated rings. The molecule has 0 spiro atoms. The van der Waals surface area contributed by atoms with Crippen molar-refractivity contribution in [3.8, 4) is 17.7 Å². The minimum atomic E-state index is -1.13. The van der Waals surface area contributed by atoms with Gasteiger partial charge in [-0.1, -0.05) is 62.4 Å². The molecule has 3 rings (SSSR count). The molecule has 0 radical (unpaired) electrons. The third-order valence-electron chi connectivity index (χ3n) is 4.93. The Morgan fingerprint density at radius 3 is 2.39 bits per heavy atom. The molecule has 0 saturated heterocycles. The molecule has 6 heteroatoms. The van der Waals surface area contributed by atoms with E-state index in [1.807, 2.05) is 92.9 Å². The first kappa shape index (κ1) is 24.1. The largest absolute Gasteiger partial charge is 0.440 e. The molecule has 0 N–H and O–H groups in total. The Hall–Kier alpha value is -3.56. The Kier molecular flexibility index (Phi) is 8.68. The molecular weight excluding hydrogens is 432 g/mol. The van der Waals surface area contributed by atoms with Crippen LogP contribution in [0.25, 0.3) is 6.08 Å². The van der Waals surface area contributed by atoms with Crippen molar-refractivity contribution in [1.29, 1.82) is 5.26 Å². The first-order chi connectivity index (χ1) is 16.0. The van der Waals surface area contributed by atoms with Gasteiger partial charge >= 0.3 is 5.97 Å². The van der Waals surface area contributed by atoms with Crippen LogP contribution in [-0.2, 0) is 9.53 Å². The topological polar surface area (TPSA) is 72.2 Å². The maximum atomic E-state index is 12.9. The maximum absolute atomic E-state index is 12.9. The summed E-state index contributed by atoms with van der Waals surface area (Å²) < 4.78 is 11.3. The first-order valence-electron chi connectivity index (χ1n) is 10.6. The number of ether oxygens (including phenoxy) is 2. The van der Waals surface area contributed by atoms with E-state index in [2.05, 4.69) is 4.98 Å². The molecular formula is C27H26N2O3S. The standard InChI is InChI=1S/C27H26N2O3S/c1-19(2)23(17-14-20-12-15-22(33-3)16-13-20)27(30)32-25(18-28)24-10-7-11-26(29-24)31-21-8-5-4-6-9-21/h4-17,19,23,25H,1-3H3. The highest BCUT2D eigenvalue weighted by atomic mass is 32.2. The van der Waals surface area contributed by atoms with Gasteiger partial charge in [-0.25, -0.2) is 4.98 Å². The molecule has 0 aliphatic heterocycles. The second-order valence-electron chi connectivity index (χ2n) is 7.66. The Labute approximate surface area is 199 Å². The Morgan fingerprint density at radius 1 is 1.03 bits per heavy atom. The number of thioether (sulfide) groups is 1. The van der Waals surface area contributed by atoms with Crippen molar-refractivity contribution in [2.24, 2.45) is 11.8 Å². The van der Waals surface area contributed by atoms with Gasteiger partial charge in [-0.15, -0.1) is 11.8 Å². The molecule has 1 aromatic heterocycles. The molecule has 3 aromatic rings. The van der Waals surface area contributed by atoms with Crippen molar-refractivity contribution in [2.45, 2.75) is 24.8 Å². The van der Waals surface area contributed by atoms with Gasteiger partial charge in [0.2, 0.25) is 12.0 Å². The maximum Gasteiger partial charge on any atom is 0.314 e. The number of pyridine rings is 1. The van der Waals surface area contributed by atoms with Crippen LogP contribution in [0.15, 0.2) is 83.8 Å². The highest BCUT2D eigenvalue weighted by Crippen LogP contribution is 2.25. The fraction of sp³-hybridized carbons (Fsp3) is 0.222. The molecule has 2 aromatic carbocycles. The van der Waals surface area contributed by atoms with Crippen LogP contribution in [0.5, 0.6) is 11.6 Å². The molecule has 168 valence electrons. The summed E-state index contributed by atoms with van der Waals surface area (Å²) in [6.45, 7) is 3.89. The second kappa shape index (κ2) is 11.9. The highest BCUT2D eigenvalue weighted by molar-refractivity contribution is 7.98. The van der Waals surface area contributed by atoms with Gasteiger partial charge in [0.1, 0.15) is 11.8 Å². The van der Waals surface area contributed by atoms with E-state index >= 15 is 0 Å². The number of hydrogen-bond donors (Lipinski definition) is 0. The number of nitriles is 1. The molecule has 0 amide bonds. The number of hydrogen-bond acceptors (Lipinski definition) is 6. The van der Waals surface area contributed by atoms with Crippen molar-refractivity contribution >= 4 is 23.8 Å². The van der Waals surface area contributed by atoms with Crippen LogP contribution < -0.4 is 4.74 Å². The monoisotopic (exact) mass is 458 g/mol. The lowest BCUT2D eigenvalue weighted by Gasteiger charge is -2.18. The van der Waals surface area contributed by atoms with Crippen molar-refractivity contribution < 1.29 is 14.3 Å². The summed E-state index contributed by atoms with van der Waals surface area (Å²) in [4.78, 5) is 18.5. The number of benzene rings is 2. The molecule has 2 unspecified atom stereocenters. The Morgan fingerprint density at radius 2 is 1.76 bits per heavy atom. The summed E-state index contributed by atoms with van der Waals surface area (Å²) in [6.07, 6.45) is 4.63. The van der Waals surface area contributed by atoms with Crippen molar-refractivity contribution in [3.05, 3.63) is 90.1 Å². The van der Waals surface area contributed by atoms with Crippen LogP contribution in [0.4, 0.5) is 0 Å². The van der Waals surface area contributed by atoms with Gasteiger partial charge in [0, 0.05) is 11.0 Å². The lowest BCUT2D eigenvalue weighted by molar-refractivity contribution is -0.151. The smallest absolute Gasteiger partial charge is 0.314 e. The summed E-state index contributed by atoms with van der Waals surface area (Å²) >= 11 is 1.68. The molecule has 0 saturated carbocycles. The fourth-order valence-corrected chi connectivity index (χ4v) is 3.50. The average molecular weight is 459 g/mol. The fourth-order valence-electron chi connectivity index (χ4n) is 3.09. The van der Waals surface area contributed by atoms with E-state index in [9.17, 15) is 10.1 Å². The van der Waals surface area contributed by atoms with Crippen LogP contribution in [0.2, 0.25) is 0 Å². The van der Waals surface area contributed by atoms with E-state index in [-0.39, 0.29) is 5.92 Å². The third-order valence-corrected chi connectivity index (χ3v) is 5.68. The number of esters is 1. The van der Waals surface area contributed by atoms with Crippen molar-refractivity contribution in [1.82, 2.24) is 4.98 Å². The van der Waals surface area contributed by atoms with E-state index in [1.165, 1.54) is 4.90 Å². The lowest BCUT2D eigenvalue weighted by Crippen LogP contribution is -2.23. The summed E-state index contributed by atoms with van der Waals surface area (Å²) in [5.74, 6) is -0.0129. The van der Waals surface area contributed by atoms with Gasteiger partial charge < -0.3 is 9.47 Å². The Bertz CT molecular complexity index is 1120. The number of para-hydroxylation sites is 1. The van der Waals surface area contributed by atoms with Crippen LogP contribution in [-0.4, -0.2) is 17.2 Å². The number of nitrogens with zero attached hydrogens (tertiary/aromatic N) is 2. The molecule has 0 bridgehead atoms. The van der Waals surface area contributed by atoms with Gasteiger partial charge in [-0.05, 0) is 48.1 Å². The number of carbonyl (C=O) groups excluding carboxylic acids is 1. The van der Waals surface area contributed by atoms with Gasteiger partial charge in [0.25, 0.3) is 0 Å². The van der Waals surface area contributed by atoms with Crippen LogP contribution >= 0.6 is 11.8 Å². The molecule has 1 heterocycles. The zero-order chi connectivity index (χ0) is 23.6. The average Bonchev–Trinajstić information content (AvgIpc) is 2.83. The second-order valence-corrected chi connectivity index (χ2v) is 8.54. The van der Waals surface area contributed by atoms with E-state index < -0.39 is 18.0 Å². The van der Waals surface area contributed by atoms with Crippen molar-refractivity contribution in [2.75, 3.05) is 6.26 Å². The summed E-state index contributed by atoms with van der Waals surface area (Å²) in [5.41, 5.74) is 1.31. The van der Waals surface area contributed by atoms with E-state index in [0.717, 1.165) is 5.56 Å². The molecule has 33 heavy (non-hydrogen) atoms. The zero-order valence-corrected chi connectivity index (χ0v) is 19.7. The molecule has 0 aliphatic rings. The van der Waals surface area contributed by atoms with E-state index in [1.54, 1.807) is 30.0 Å². The van der Waals surface area contributed by atoms with Gasteiger partial charge in [0.05, 0.1) is 11.6 Å². The predicted octanol–water partition coefficient (Wildman–Crippen LogP) is 6.69. The summed E-state index contributed by atoms with van der Waals surface area (Å²) in [7, 11) is 0. The van der Waals surface area contributed by atoms with Crippen LogP contribution in [0.1, 0.15) is 31.2 Å². The molecule has 2 atom stereocenters. The van der Waals surface area contributed by atoms with Gasteiger partial charge in [-0.2, -0.15) is 5.26 Å². The minimum absolute atomic E-state index is 0.000675. The normalized spacial score (nSPS) is 12.8. The summed E-state index contributed by atoms with van der Waals surface area (Å²) in [6, 6.07) is 24.4. The number of carbonyl (C=O) groups is 1. The first-order valence-corrected chi connectivity index (χ1v) is 11.8. The zero-order valence-electron chi connectivity index (χ0n) is 18.8. The van der Waals surface area contributed by atoms with Crippen LogP contribution in [0.3, 0.4) is 0 Å². The van der Waals surface area contributed by atoms with Crippen molar-refractivity contribution in [3.63, 3.8) is 0 Å². The highest BCUT2D eigenvalue weighted by Gasteiger charge is 2.26. The minimum Gasteiger partial charge on any atom is -0.440 e. The predicted molar refractivity (Wildman–Crippen MR) is 131 cm³/mol. The molecule has 5 nitrogen and oxygen atoms in total. The number of rotatable bonds is 9. The lowest BCUT2D eigenvalue weighted by atomic mass is 9.94. The third kappa shape index (κ3) is 6.96. The van der Waals surface area contributed by atoms with Gasteiger partial charge in [0.15, 0.2) is 0 Å². The van der Waals surface area contributed by atoms with E-state index in [4.69, 9.17) is 9.47 Å². The van der Waals surface area contributed by atoms with Crippen LogP contribution in [0, 0.1) is 23.2 Å². The SMILES string of the molecule is CSc1ccc(C=CC(C(=O)OC(C#N)c2cccc(Oc3ccccc3)n2)C(C)C)cc1. The summed E-state index contributed by atoms with van der Waals surface area (Å²) in [5, 5.41) is 9.66.